The summed E-state index contributed by atoms with van der Waals surface area (Å²) >= 11 is 6.14. The number of aliphatic carboxylic acids is 1. The molecule has 140 valence electrons. The van der Waals surface area contributed by atoms with Crippen molar-refractivity contribution in [1.82, 2.24) is 10.2 Å². The number of carbonyl (C=O) groups excluding carboxylic acids is 2. The number of aliphatic hydroxyl groups excluding tert-OH is 1. The third kappa shape index (κ3) is 4.66. The van der Waals surface area contributed by atoms with Crippen LogP contribution >= 0.6 is 11.6 Å². The minimum atomic E-state index is -1.25. The number of nitrogens with one attached hydrogen (secondary N) is 1. The third-order valence-electron chi connectivity index (χ3n) is 3.70. The van der Waals surface area contributed by atoms with Crippen molar-refractivity contribution in [2.24, 2.45) is 0 Å². The molecule has 26 heavy (non-hydrogen) atoms. The molecule has 8 nitrogen and oxygen atoms in total. The van der Waals surface area contributed by atoms with Crippen molar-refractivity contribution < 1.29 is 29.3 Å². The number of rotatable bonds is 7. The van der Waals surface area contributed by atoms with E-state index in [4.69, 9.17) is 21.4 Å². The van der Waals surface area contributed by atoms with Gasteiger partial charge < -0.3 is 25.2 Å². The molecule has 1 heterocycles. The van der Waals surface area contributed by atoms with Crippen molar-refractivity contribution >= 4 is 29.4 Å². The van der Waals surface area contributed by atoms with E-state index in [9.17, 15) is 19.5 Å². The molecule has 1 aliphatic rings. The van der Waals surface area contributed by atoms with Crippen LogP contribution in [0, 0.1) is 0 Å². The molecule has 1 aromatic carbocycles. The normalized spacial score (nSPS) is 14.4. The molecule has 2 amide bonds. The Balaban J connectivity index is 2.12. The number of halogens is 1. The summed E-state index contributed by atoms with van der Waals surface area (Å²) < 4.78 is 5.36. The second kappa shape index (κ2) is 8.57. The largest absolute Gasteiger partial charge is 0.511 e. The number of nitrogens with zero attached hydrogens (tertiary/aromatic N) is 1. The van der Waals surface area contributed by atoms with Gasteiger partial charge in [0, 0.05) is 19.5 Å². The molecule has 0 saturated heterocycles. The summed E-state index contributed by atoms with van der Waals surface area (Å²) in [5.41, 5.74) is 0.299. The van der Waals surface area contributed by atoms with Crippen LogP contribution in [-0.2, 0) is 20.9 Å². The van der Waals surface area contributed by atoms with Gasteiger partial charge in [-0.25, -0.2) is 0 Å². The lowest BCUT2D eigenvalue weighted by molar-refractivity contribution is -0.138. The fourth-order valence-electron chi connectivity index (χ4n) is 2.51. The van der Waals surface area contributed by atoms with E-state index in [-0.39, 0.29) is 25.3 Å². The number of hydrogen-bond acceptors (Lipinski definition) is 5. The number of aliphatic hydroxyl groups is 1. The molecule has 0 fully saturated rings. The molecular formula is C17H19ClN2O6. The second-order valence-electron chi connectivity index (χ2n) is 5.57. The SMILES string of the molecule is CCOc1ccc(CN2CCC(O)=C(C(=O)NCC(=O)O)C2=O)cc1Cl. The zero-order valence-corrected chi connectivity index (χ0v) is 14.9. The lowest BCUT2D eigenvalue weighted by Crippen LogP contribution is -2.43. The summed E-state index contributed by atoms with van der Waals surface area (Å²) in [5, 5.41) is 21.0. The predicted octanol–water partition coefficient (Wildman–Crippen LogP) is 1.48. The minimum Gasteiger partial charge on any atom is -0.511 e. The number of carbonyl (C=O) groups is 3. The molecule has 3 N–H and O–H groups in total. The fraction of sp³-hybridized carbons (Fsp3) is 0.353. The van der Waals surface area contributed by atoms with Crippen LogP contribution in [0.1, 0.15) is 18.9 Å². The molecule has 1 aromatic rings. The number of carboxylic acid groups (broad SMARTS) is 1. The van der Waals surface area contributed by atoms with Crippen LogP contribution < -0.4 is 10.1 Å². The van der Waals surface area contributed by atoms with E-state index in [1.807, 2.05) is 6.92 Å². The summed E-state index contributed by atoms with van der Waals surface area (Å²) in [6.45, 7) is 2.09. The molecule has 0 radical (unpaired) electrons. The van der Waals surface area contributed by atoms with Crippen molar-refractivity contribution in [3.63, 3.8) is 0 Å². The van der Waals surface area contributed by atoms with Gasteiger partial charge in [-0.05, 0) is 24.6 Å². The molecule has 0 bridgehead atoms. The molecule has 0 unspecified atom stereocenters. The summed E-state index contributed by atoms with van der Waals surface area (Å²) in [6, 6.07) is 5.12. The Kier molecular flexibility index (Phi) is 6.46. The number of amides is 2. The Bertz CT molecular complexity index is 762. The van der Waals surface area contributed by atoms with E-state index in [2.05, 4.69) is 5.32 Å². The Labute approximate surface area is 155 Å². The van der Waals surface area contributed by atoms with Crippen molar-refractivity contribution in [2.45, 2.75) is 19.9 Å². The zero-order valence-electron chi connectivity index (χ0n) is 14.1. The Morgan fingerprint density at radius 2 is 2.12 bits per heavy atom. The molecule has 0 aromatic heterocycles. The average Bonchev–Trinajstić information content (AvgIpc) is 2.58. The lowest BCUT2D eigenvalue weighted by Gasteiger charge is -2.28. The van der Waals surface area contributed by atoms with Gasteiger partial charge in [0.2, 0.25) is 0 Å². The van der Waals surface area contributed by atoms with Gasteiger partial charge in [-0.1, -0.05) is 17.7 Å². The van der Waals surface area contributed by atoms with Crippen molar-refractivity contribution in [3.05, 3.63) is 40.1 Å². The molecule has 0 spiro atoms. The van der Waals surface area contributed by atoms with Gasteiger partial charge in [0.15, 0.2) is 0 Å². The van der Waals surface area contributed by atoms with Crippen LogP contribution in [-0.4, -0.2) is 52.6 Å². The monoisotopic (exact) mass is 382 g/mol. The maximum Gasteiger partial charge on any atom is 0.322 e. The van der Waals surface area contributed by atoms with Crippen LogP contribution in [0.25, 0.3) is 0 Å². The van der Waals surface area contributed by atoms with E-state index in [0.717, 1.165) is 5.56 Å². The molecule has 0 aliphatic carbocycles. The van der Waals surface area contributed by atoms with Gasteiger partial charge in [0.1, 0.15) is 23.6 Å². The number of ether oxygens (including phenoxy) is 1. The number of hydrogen-bond donors (Lipinski definition) is 3. The quantitative estimate of drug-likeness (QED) is 0.615. The first-order valence-electron chi connectivity index (χ1n) is 7.96. The average molecular weight is 383 g/mol. The van der Waals surface area contributed by atoms with E-state index < -0.39 is 29.9 Å². The van der Waals surface area contributed by atoms with Gasteiger partial charge in [0.05, 0.1) is 11.6 Å². The molecular weight excluding hydrogens is 364 g/mol. The van der Waals surface area contributed by atoms with Gasteiger partial charge in [-0.3, -0.25) is 14.4 Å². The van der Waals surface area contributed by atoms with E-state index in [1.165, 1.54) is 4.90 Å². The van der Waals surface area contributed by atoms with E-state index >= 15 is 0 Å². The second-order valence-corrected chi connectivity index (χ2v) is 5.98. The first kappa shape index (κ1) is 19.6. The highest BCUT2D eigenvalue weighted by Crippen LogP contribution is 2.27. The molecule has 0 atom stereocenters. The topological polar surface area (TPSA) is 116 Å². The highest BCUT2D eigenvalue weighted by molar-refractivity contribution is 6.32. The first-order chi connectivity index (χ1) is 12.3. The maximum atomic E-state index is 12.5. The lowest BCUT2D eigenvalue weighted by atomic mass is 10.0. The number of carboxylic acids is 1. The van der Waals surface area contributed by atoms with Gasteiger partial charge >= 0.3 is 5.97 Å². The number of benzene rings is 1. The standard InChI is InChI=1S/C17H19ClN2O6/c1-2-26-13-4-3-10(7-11(13)18)9-20-6-5-12(21)15(17(20)25)16(24)19-8-14(22)23/h3-4,7,21H,2,5-6,8-9H2,1H3,(H,19,24)(H,22,23). The van der Waals surface area contributed by atoms with Crippen LogP contribution in [0.15, 0.2) is 29.5 Å². The summed E-state index contributed by atoms with van der Waals surface area (Å²) in [7, 11) is 0. The van der Waals surface area contributed by atoms with E-state index in [1.54, 1.807) is 18.2 Å². The van der Waals surface area contributed by atoms with Gasteiger partial charge in [-0.2, -0.15) is 0 Å². The maximum absolute atomic E-state index is 12.5. The summed E-state index contributed by atoms with van der Waals surface area (Å²) in [6.07, 6.45) is 0.103. The fourth-order valence-corrected chi connectivity index (χ4v) is 2.77. The minimum absolute atomic E-state index is 0.103. The summed E-state index contributed by atoms with van der Waals surface area (Å²) in [4.78, 5) is 36.5. The highest BCUT2D eigenvalue weighted by Gasteiger charge is 2.32. The molecule has 0 saturated carbocycles. The van der Waals surface area contributed by atoms with Crippen molar-refractivity contribution in [3.8, 4) is 5.75 Å². The first-order valence-corrected chi connectivity index (χ1v) is 8.33. The Hall–Kier alpha value is -2.74. The summed E-state index contributed by atoms with van der Waals surface area (Å²) in [5.74, 6) is -2.64. The predicted molar refractivity (Wildman–Crippen MR) is 93.0 cm³/mol. The van der Waals surface area contributed by atoms with E-state index in [0.29, 0.717) is 17.4 Å². The molecule has 9 heteroatoms. The van der Waals surface area contributed by atoms with Crippen LogP contribution in [0.2, 0.25) is 5.02 Å². The van der Waals surface area contributed by atoms with Gasteiger partial charge in [0.25, 0.3) is 11.8 Å². The highest BCUT2D eigenvalue weighted by atomic mass is 35.5. The molecule has 1 aliphatic heterocycles. The van der Waals surface area contributed by atoms with Crippen LogP contribution in [0.4, 0.5) is 0 Å². The Morgan fingerprint density at radius 1 is 1.38 bits per heavy atom. The van der Waals surface area contributed by atoms with Crippen molar-refractivity contribution in [2.75, 3.05) is 19.7 Å². The third-order valence-corrected chi connectivity index (χ3v) is 4.00. The van der Waals surface area contributed by atoms with Gasteiger partial charge in [-0.15, -0.1) is 0 Å². The smallest absolute Gasteiger partial charge is 0.322 e. The van der Waals surface area contributed by atoms with Crippen LogP contribution in [0.5, 0.6) is 5.75 Å². The van der Waals surface area contributed by atoms with Crippen molar-refractivity contribution in [1.29, 1.82) is 0 Å². The zero-order chi connectivity index (χ0) is 19.3. The van der Waals surface area contributed by atoms with Crippen LogP contribution in [0.3, 0.4) is 0 Å². The molecule has 2 rings (SSSR count). The Morgan fingerprint density at radius 3 is 2.73 bits per heavy atom.